The molecule has 0 fully saturated rings. The second-order valence-corrected chi connectivity index (χ2v) is 12.5. The molecule has 0 aliphatic rings. The average molecular weight is 544 g/mol. The van der Waals surface area contributed by atoms with Gasteiger partial charge in [-0.1, -0.05) is 64.4 Å². The predicted molar refractivity (Wildman–Crippen MR) is 140 cm³/mol. The van der Waals surface area contributed by atoms with Crippen LogP contribution in [-0.4, -0.2) is 49.4 Å². The van der Waals surface area contributed by atoms with Gasteiger partial charge in [0.15, 0.2) is 0 Å². The van der Waals surface area contributed by atoms with Crippen LogP contribution in [0.4, 0.5) is 4.39 Å². The molecule has 0 N–H and O–H groups in total. The minimum atomic E-state index is -3.99. The largest absolute Gasteiger partial charge is 0.471 e. The van der Waals surface area contributed by atoms with E-state index < -0.39 is 20.0 Å². The molecule has 0 spiro atoms. The number of hydrogen-bond acceptors (Lipinski definition) is 6. The predicted octanol–water partition coefficient (Wildman–Crippen LogP) is 4.16. The Morgan fingerprint density at radius 3 is 2.14 bits per heavy atom. The first-order chi connectivity index (χ1) is 17.5. The van der Waals surface area contributed by atoms with E-state index in [-0.39, 0.29) is 25.5 Å². The number of aromatic nitrogens is 2. The molecular weight excluding hydrogens is 517 g/mol. The fourth-order valence-electron chi connectivity index (χ4n) is 3.82. The summed E-state index contributed by atoms with van der Waals surface area (Å²) in [6, 6.07) is 23.3. The van der Waals surface area contributed by atoms with E-state index in [0.29, 0.717) is 15.2 Å². The molecule has 0 aliphatic heterocycles. The Labute approximate surface area is 216 Å². The Morgan fingerprint density at radius 1 is 0.838 bits per heavy atom. The normalized spacial score (nSPS) is 12.1. The van der Waals surface area contributed by atoms with Gasteiger partial charge in [-0.15, -0.1) is 5.10 Å². The van der Waals surface area contributed by atoms with Gasteiger partial charge in [-0.3, -0.25) is 4.68 Å². The van der Waals surface area contributed by atoms with E-state index in [1.54, 1.807) is 18.3 Å². The molecule has 0 amide bonds. The molecule has 1 aromatic heterocycles. The summed E-state index contributed by atoms with van der Waals surface area (Å²) in [6.07, 6.45) is 3.38. The molecule has 0 radical (unpaired) electrons. The van der Waals surface area contributed by atoms with Gasteiger partial charge in [0.05, 0.1) is 24.6 Å². The zero-order valence-corrected chi connectivity index (χ0v) is 21.9. The first-order valence-corrected chi connectivity index (χ1v) is 15.0. The van der Waals surface area contributed by atoms with Crippen LogP contribution in [0.5, 0.6) is 5.88 Å². The Hall–Kier alpha value is -3.54. The SMILES string of the molecule is CS(=O)(=O)N(CCn1cc(-c2cccc(-c3ccc(F)cc3)c2)c(OCc2ccccc2)n1)S(C)(=O)=O. The molecule has 8 nitrogen and oxygen atoms in total. The highest BCUT2D eigenvalue weighted by molar-refractivity contribution is 8.03. The van der Waals surface area contributed by atoms with E-state index in [0.717, 1.165) is 34.8 Å². The summed E-state index contributed by atoms with van der Waals surface area (Å²) in [5.74, 6) is -0.0135. The topological polar surface area (TPSA) is 98.6 Å². The molecule has 11 heteroatoms. The van der Waals surface area contributed by atoms with Crippen molar-refractivity contribution in [3.63, 3.8) is 0 Å². The highest BCUT2D eigenvalue weighted by Gasteiger charge is 2.27. The van der Waals surface area contributed by atoms with Crippen LogP contribution in [0.15, 0.2) is 85.1 Å². The molecule has 3 aromatic carbocycles. The van der Waals surface area contributed by atoms with Crippen LogP contribution in [0.25, 0.3) is 22.3 Å². The highest BCUT2D eigenvalue weighted by atomic mass is 32.3. The van der Waals surface area contributed by atoms with Crippen LogP contribution >= 0.6 is 0 Å². The van der Waals surface area contributed by atoms with Crippen LogP contribution in [0.3, 0.4) is 0 Å². The summed E-state index contributed by atoms with van der Waals surface area (Å²) in [5.41, 5.74) is 4.05. The van der Waals surface area contributed by atoms with E-state index in [9.17, 15) is 21.2 Å². The summed E-state index contributed by atoms with van der Waals surface area (Å²) in [6.45, 7) is -0.0761. The Bertz CT molecular complexity index is 1550. The van der Waals surface area contributed by atoms with Crippen molar-refractivity contribution >= 4 is 20.0 Å². The maximum absolute atomic E-state index is 13.4. The molecule has 0 saturated carbocycles. The van der Waals surface area contributed by atoms with Gasteiger partial charge in [-0.2, -0.15) is 0 Å². The van der Waals surface area contributed by atoms with Gasteiger partial charge < -0.3 is 4.74 Å². The lowest BCUT2D eigenvalue weighted by Crippen LogP contribution is -2.37. The van der Waals surface area contributed by atoms with Crippen LogP contribution in [0, 0.1) is 5.82 Å². The molecule has 4 aromatic rings. The van der Waals surface area contributed by atoms with Crippen molar-refractivity contribution in [1.29, 1.82) is 0 Å². The monoisotopic (exact) mass is 543 g/mol. The Balaban J connectivity index is 1.67. The van der Waals surface area contributed by atoms with E-state index in [1.165, 1.54) is 16.8 Å². The molecule has 0 aliphatic carbocycles. The number of sulfonamides is 2. The number of hydrogen-bond donors (Lipinski definition) is 0. The molecule has 0 bridgehead atoms. The number of benzene rings is 3. The minimum Gasteiger partial charge on any atom is -0.471 e. The molecule has 194 valence electrons. The van der Waals surface area contributed by atoms with Crippen molar-refractivity contribution in [2.75, 3.05) is 19.1 Å². The maximum Gasteiger partial charge on any atom is 0.241 e. The highest BCUT2D eigenvalue weighted by Crippen LogP contribution is 2.32. The lowest BCUT2D eigenvalue weighted by molar-refractivity contribution is 0.290. The lowest BCUT2D eigenvalue weighted by atomic mass is 10.0. The van der Waals surface area contributed by atoms with Crippen LogP contribution in [0.2, 0.25) is 0 Å². The van der Waals surface area contributed by atoms with Crippen molar-refractivity contribution < 1.29 is 26.0 Å². The van der Waals surface area contributed by atoms with Crippen LogP contribution in [-0.2, 0) is 33.2 Å². The molecule has 4 rings (SSSR count). The minimum absolute atomic E-state index is 0.0144. The van der Waals surface area contributed by atoms with Crippen molar-refractivity contribution in [2.45, 2.75) is 13.2 Å². The molecule has 0 saturated heterocycles. The van der Waals surface area contributed by atoms with Crippen molar-refractivity contribution in [3.05, 3.63) is 96.4 Å². The Morgan fingerprint density at radius 2 is 1.49 bits per heavy atom. The van der Waals surface area contributed by atoms with Gasteiger partial charge in [0, 0.05) is 12.7 Å². The maximum atomic E-state index is 13.4. The zero-order valence-electron chi connectivity index (χ0n) is 20.3. The van der Waals surface area contributed by atoms with Crippen molar-refractivity contribution in [2.24, 2.45) is 0 Å². The lowest BCUT2D eigenvalue weighted by Gasteiger charge is -2.17. The number of rotatable bonds is 10. The number of nitrogens with zero attached hydrogens (tertiary/aromatic N) is 3. The summed E-state index contributed by atoms with van der Waals surface area (Å²) in [7, 11) is -7.98. The van der Waals surface area contributed by atoms with E-state index >= 15 is 0 Å². The number of ether oxygens (including phenoxy) is 1. The molecule has 0 atom stereocenters. The second kappa shape index (κ2) is 10.8. The molecular formula is C26H26FN3O5S2. The summed E-state index contributed by atoms with van der Waals surface area (Å²) >= 11 is 0. The fourth-order valence-corrected chi connectivity index (χ4v) is 6.61. The van der Waals surface area contributed by atoms with E-state index in [4.69, 9.17) is 4.74 Å². The standard InChI is InChI=1S/C26H26FN3O5S2/c1-36(31,32)30(37(2,33)34)16-15-29-18-25(26(28-29)35-19-20-7-4-3-5-8-20)23-10-6-9-22(17-23)21-11-13-24(27)14-12-21/h3-14,17-18H,15-16,19H2,1-2H3. The van der Waals surface area contributed by atoms with Gasteiger partial charge in [0.25, 0.3) is 0 Å². The van der Waals surface area contributed by atoms with Crippen molar-refractivity contribution in [1.82, 2.24) is 13.5 Å². The smallest absolute Gasteiger partial charge is 0.241 e. The Kier molecular flexibility index (Phi) is 7.76. The molecule has 0 unspecified atom stereocenters. The van der Waals surface area contributed by atoms with Gasteiger partial charge in [-0.05, 0) is 40.5 Å². The zero-order chi connectivity index (χ0) is 26.6. The van der Waals surface area contributed by atoms with Gasteiger partial charge in [0.2, 0.25) is 25.9 Å². The first kappa shape index (κ1) is 26.5. The third kappa shape index (κ3) is 6.82. The third-order valence-corrected chi connectivity index (χ3v) is 9.02. The quantitative estimate of drug-likeness (QED) is 0.298. The van der Waals surface area contributed by atoms with E-state index in [2.05, 4.69) is 5.10 Å². The first-order valence-electron chi connectivity index (χ1n) is 11.3. The fraction of sp³-hybridized carbons (Fsp3) is 0.192. The third-order valence-electron chi connectivity index (χ3n) is 5.55. The van der Waals surface area contributed by atoms with Gasteiger partial charge >= 0.3 is 0 Å². The van der Waals surface area contributed by atoms with Crippen LogP contribution in [0.1, 0.15) is 5.56 Å². The number of halogens is 1. The van der Waals surface area contributed by atoms with Gasteiger partial charge in [0.1, 0.15) is 12.4 Å². The summed E-state index contributed by atoms with van der Waals surface area (Å²) < 4.78 is 69.4. The molecule has 37 heavy (non-hydrogen) atoms. The summed E-state index contributed by atoms with van der Waals surface area (Å²) in [4.78, 5) is 0. The van der Waals surface area contributed by atoms with E-state index in [1.807, 2.05) is 54.6 Å². The van der Waals surface area contributed by atoms with Crippen molar-refractivity contribution in [3.8, 4) is 28.1 Å². The van der Waals surface area contributed by atoms with Gasteiger partial charge in [-0.25, -0.2) is 21.2 Å². The average Bonchev–Trinajstić information content (AvgIpc) is 3.25. The summed E-state index contributed by atoms with van der Waals surface area (Å²) in [5, 5.41) is 4.48. The molecule has 1 heterocycles. The second-order valence-electron chi connectivity index (χ2n) is 8.50. The van der Waals surface area contributed by atoms with Crippen LogP contribution < -0.4 is 4.74 Å².